The summed E-state index contributed by atoms with van der Waals surface area (Å²) in [7, 11) is 0. The summed E-state index contributed by atoms with van der Waals surface area (Å²) in [5.74, 6) is 1.47. The lowest BCUT2D eigenvalue weighted by Gasteiger charge is -2.31. The van der Waals surface area contributed by atoms with Crippen molar-refractivity contribution in [2.45, 2.75) is 45.1 Å². The average Bonchev–Trinajstić information content (AvgIpc) is 2.29. The number of ether oxygens (including phenoxy) is 1. The van der Waals surface area contributed by atoms with Crippen LogP contribution in [0, 0.1) is 5.92 Å². The van der Waals surface area contributed by atoms with Gasteiger partial charge in [-0.1, -0.05) is 19.8 Å². The van der Waals surface area contributed by atoms with Crippen molar-refractivity contribution < 1.29 is 4.74 Å². The monoisotopic (exact) mass is 233 g/mol. The lowest BCUT2D eigenvalue weighted by Crippen LogP contribution is -2.40. The van der Waals surface area contributed by atoms with E-state index in [0.717, 1.165) is 32.1 Å². The Morgan fingerprint density at radius 1 is 1.27 bits per heavy atom. The Hall–Kier alpha value is 0.210. The van der Waals surface area contributed by atoms with Gasteiger partial charge in [0.25, 0.3) is 0 Å². The first-order valence-corrected chi connectivity index (χ1v) is 6.79. The molecule has 0 spiro atoms. The second-order valence-corrected chi connectivity index (χ2v) is 4.68. The second kappa shape index (κ2) is 8.37. The summed E-state index contributed by atoms with van der Waals surface area (Å²) in [6, 6.07) is 0.626. The highest BCUT2D eigenvalue weighted by molar-refractivity contribution is 6.18. The van der Waals surface area contributed by atoms with Crippen molar-refractivity contribution in [3.8, 4) is 0 Å². The number of alkyl halides is 1. The SMILES string of the molecule is CCCOCCNC1CCCCC1CCl. The molecule has 2 unspecified atom stereocenters. The van der Waals surface area contributed by atoms with E-state index in [1.54, 1.807) is 0 Å². The number of halogens is 1. The Bertz CT molecular complexity index is 155. The minimum atomic E-state index is 0.626. The zero-order valence-electron chi connectivity index (χ0n) is 9.80. The predicted molar refractivity (Wildman–Crippen MR) is 65.6 cm³/mol. The Kier molecular flexibility index (Phi) is 7.41. The molecule has 1 N–H and O–H groups in total. The van der Waals surface area contributed by atoms with Gasteiger partial charge in [0.1, 0.15) is 0 Å². The van der Waals surface area contributed by atoms with Crippen LogP contribution in [0.25, 0.3) is 0 Å². The standard InChI is InChI=1S/C12H24ClNO/c1-2-8-15-9-7-14-12-6-4-3-5-11(12)10-13/h11-12,14H,2-10H2,1H3. The Morgan fingerprint density at radius 2 is 2.07 bits per heavy atom. The lowest BCUT2D eigenvalue weighted by molar-refractivity contribution is 0.129. The van der Waals surface area contributed by atoms with E-state index in [0.29, 0.717) is 12.0 Å². The molecule has 1 saturated carbocycles. The van der Waals surface area contributed by atoms with Gasteiger partial charge in [-0.05, 0) is 25.2 Å². The molecular weight excluding hydrogens is 210 g/mol. The van der Waals surface area contributed by atoms with Crippen molar-refractivity contribution in [1.29, 1.82) is 0 Å². The highest BCUT2D eigenvalue weighted by Crippen LogP contribution is 2.25. The first kappa shape index (κ1) is 13.3. The molecule has 1 rings (SSSR count). The molecule has 0 bridgehead atoms. The normalized spacial score (nSPS) is 26.8. The molecule has 0 aromatic rings. The van der Waals surface area contributed by atoms with Crippen LogP contribution >= 0.6 is 11.6 Å². The van der Waals surface area contributed by atoms with Crippen LogP contribution in [0.4, 0.5) is 0 Å². The van der Waals surface area contributed by atoms with Gasteiger partial charge >= 0.3 is 0 Å². The molecule has 1 aliphatic rings. The van der Waals surface area contributed by atoms with E-state index < -0.39 is 0 Å². The number of rotatable bonds is 7. The maximum absolute atomic E-state index is 5.97. The molecule has 0 aromatic carbocycles. The highest BCUT2D eigenvalue weighted by Gasteiger charge is 2.23. The molecule has 0 aliphatic heterocycles. The van der Waals surface area contributed by atoms with Crippen molar-refractivity contribution in [3.05, 3.63) is 0 Å². The highest BCUT2D eigenvalue weighted by atomic mass is 35.5. The first-order valence-electron chi connectivity index (χ1n) is 6.25. The summed E-state index contributed by atoms with van der Waals surface area (Å²) < 4.78 is 5.45. The first-order chi connectivity index (χ1) is 7.38. The van der Waals surface area contributed by atoms with Crippen LogP contribution in [-0.2, 0) is 4.74 Å². The topological polar surface area (TPSA) is 21.3 Å². The Labute approximate surface area is 98.7 Å². The number of nitrogens with one attached hydrogen (secondary N) is 1. The fourth-order valence-electron chi connectivity index (χ4n) is 2.22. The summed E-state index contributed by atoms with van der Waals surface area (Å²) in [5.41, 5.74) is 0. The van der Waals surface area contributed by atoms with Crippen molar-refractivity contribution in [1.82, 2.24) is 5.32 Å². The maximum atomic E-state index is 5.97. The third kappa shape index (κ3) is 5.19. The lowest BCUT2D eigenvalue weighted by atomic mass is 9.86. The fourth-order valence-corrected chi connectivity index (χ4v) is 2.59. The van der Waals surface area contributed by atoms with Crippen molar-refractivity contribution in [2.75, 3.05) is 25.6 Å². The average molecular weight is 234 g/mol. The number of hydrogen-bond acceptors (Lipinski definition) is 2. The minimum absolute atomic E-state index is 0.626. The third-order valence-electron chi connectivity index (χ3n) is 3.11. The number of hydrogen-bond donors (Lipinski definition) is 1. The van der Waals surface area contributed by atoms with Crippen LogP contribution < -0.4 is 5.32 Å². The smallest absolute Gasteiger partial charge is 0.0590 e. The molecule has 3 heteroatoms. The van der Waals surface area contributed by atoms with E-state index >= 15 is 0 Å². The molecule has 0 heterocycles. The second-order valence-electron chi connectivity index (χ2n) is 4.37. The van der Waals surface area contributed by atoms with Gasteiger partial charge in [-0.2, -0.15) is 0 Å². The summed E-state index contributed by atoms with van der Waals surface area (Å²) >= 11 is 5.97. The molecular formula is C12H24ClNO. The van der Waals surface area contributed by atoms with Gasteiger partial charge in [0.15, 0.2) is 0 Å². The van der Waals surface area contributed by atoms with Crippen molar-refractivity contribution >= 4 is 11.6 Å². The van der Waals surface area contributed by atoms with Gasteiger partial charge in [-0.25, -0.2) is 0 Å². The summed E-state index contributed by atoms with van der Waals surface area (Å²) in [6.07, 6.45) is 6.37. The molecule has 0 amide bonds. The zero-order chi connectivity index (χ0) is 10.9. The van der Waals surface area contributed by atoms with Gasteiger partial charge in [-0.3, -0.25) is 0 Å². The quantitative estimate of drug-likeness (QED) is 0.540. The molecule has 0 aromatic heterocycles. The molecule has 2 atom stereocenters. The summed E-state index contributed by atoms with van der Waals surface area (Å²) in [4.78, 5) is 0. The molecule has 15 heavy (non-hydrogen) atoms. The van der Waals surface area contributed by atoms with Crippen molar-refractivity contribution in [3.63, 3.8) is 0 Å². The van der Waals surface area contributed by atoms with Crippen LogP contribution in [0.5, 0.6) is 0 Å². The van der Waals surface area contributed by atoms with Crippen molar-refractivity contribution in [2.24, 2.45) is 5.92 Å². The molecule has 2 nitrogen and oxygen atoms in total. The van der Waals surface area contributed by atoms with Gasteiger partial charge < -0.3 is 10.1 Å². The van der Waals surface area contributed by atoms with Crippen LogP contribution in [0.15, 0.2) is 0 Å². The third-order valence-corrected chi connectivity index (χ3v) is 3.51. The molecule has 0 saturated heterocycles. The van der Waals surface area contributed by atoms with Crippen LogP contribution in [-0.4, -0.2) is 31.7 Å². The van der Waals surface area contributed by atoms with E-state index in [1.807, 2.05) is 0 Å². The van der Waals surface area contributed by atoms with E-state index in [1.165, 1.54) is 25.7 Å². The predicted octanol–water partition coefficient (Wildman–Crippen LogP) is 2.80. The Balaban J connectivity index is 2.07. The molecule has 1 aliphatic carbocycles. The zero-order valence-corrected chi connectivity index (χ0v) is 10.6. The van der Waals surface area contributed by atoms with Crippen LogP contribution in [0.1, 0.15) is 39.0 Å². The Morgan fingerprint density at radius 3 is 2.80 bits per heavy atom. The van der Waals surface area contributed by atoms with Gasteiger partial charge in [-0.15, -0.1) is 11.6 Å². The molecule has 0 radical (unpaired) electrons. The van der Waals surface area contributed by atoms with Gasteiger partial charge in [0, 0.05) is 25.1 Å². The van der Waals surface area contributed by atoms with Crippen LogP contribution in [0.3, 0.4) is 0 Å². The van der Waals surface area contributed by atoms with Gasteiger partial charge in [0.2, 0.25) is 0 Å². The van der Waals surface area contributed by atoms with E-state index in [2.05, 4.69) is 12.2 Å². The molecule has 90 valence electrons. The van der Waals surface area contributed by atoms with E-state index in [4.69, 9.17) is 16.3 Å². The molecule has 1 fully saturated rings. The summed E-state index contributed by atoms with van der Waals surface area (Å²) in [5, 5.41) is 3.57. The van der Waals surface area contributed by atoms with E-state index in [9.17, 15) is 0 Å². The summed E-state index contributed by atoms with van der Waals surface area (Å²) in [6.45, 7) is 4.82. The van der Waals surface area contributed by atoms with E-state index in [-0.39, 0.29) is 0 Å². The van der Waals surface area contributed by atoms with Crippen LogP contribution in [0.2, 0.25) is 0 Å². The maximum Gasteiger partial charge on any atom is 0.0590 e. The minimum Gasteiger partial charge on any atom is -0.380 e. The fraction of sp³-hybridized carbons (Fsp3) is 1.00. The van der Waals surface area contributed by atoms with Gasteiger partial charge in [0.05, 0.1) is 6.61 Å². The largest absolute Gasteiger partial charge is 0.380 e.